The minimum absolute atomic E-state index is 0.260. The van der Waals surface area contributed by atoms with Crippen LogP contribution in [-0.4, -0.2) is 18.9 Å². The molecule has 0 aromatic rings. The highest BCUT2D eigenvalue weighted by Crippen LogP contribution is 2.03. The first-order chi connectivity index (χ1) is 4.29. The molecule has 0 aromatic heterocycles. The van der Waals surface area contributed by atoms with Crippen molar-refractivity contribution in [3.8, 4) is 0 Å². The predicted octanol–water partition coefficient (Wildman–Crippen LogP) is 0.449. The van der Waals surface area contributed by atoms with E-state index >= 15 is 0 Å². The highest BCUT2D eigenvalue weighted by Gasteiger charge is 2.25. The molecule has 0 radical (unpaired) electrons. The Labute approximate surface area is 58.3 Å². The van der Waals surface area contributed by atoms with Gasteiger partial charge in [-0.3, -0.25) is 0 Å². The van der Waals surface area contributed by atoms with Crippen molar-refractivity contribution in [3.05, 3.63) is 0 Å². The molecule has 1 aliphatic rings. The van der Waals surface area contributed by atoms with E-state index in [1.54, 1.807) is 0 Å². The molecule has 0 amide bonds. The van der Waals surface area contributed by atoms with Gasteiger partial charge in [-0.25, -0.2) is 0 Å². The van der Waals surface area contributed by atoms with E-state index in [2.05, 4.69) is 9.12 Å². The zero-order valence-corrected chi connectivity index (χ0v) is 6.44. The van der Waals surface area contributed by atoms with Gasteiger partial charge in [0, 0.05) is 0 Å². The molecule has 4 heteroatoms. The second-order valence-corrected chi connectivity index (χ2v) is 3.22. The zero-order valence-electron chi connectivity index (χ0n) is 5.63. The van der Waals surface area contributed by atoms with Crippen molar-refractivity contribution in [2.45, 2.75) is 20.0 Å². The maximum absolute atomic E-state index is 5.33. The summed E-state index contributed by atoms with van der Waals surface area (Å²) in [5.74, 6) is 0. The van der Waals surface area contributed by atoms with Gasteiger partial charge < -0.3 is 0 Å². The van der Waals surface area contributed by atoms with Crippen LogP contribution in [0.1, 0.15) is 13.8 Å². The van der Waals surface area contributed by atoms with Crippen molar-refractivity contribution in [1.82, 2.24) is 4.72 Å². The van der Waals surface area contributed by atoms with Crippen molar-refractivity contribution in [3.63, 3.8) is 0 Å². The molecule has 0 bridgehead atoms. The Hall–Kier alpha value is -0.0600. The highest BCUT2D eigenvalue weighted by atomic mass is 32.2. The van der Waals surface area contributed by atoms with E-state index in [4.69, 9.17) is 4.18 Å². The normalized spacial score (nSPS) is 25.9. The van der Waals surface area contributed by atoms with Crippen molar-refractivity contribution >= 4 is 17.8 Å². The third-order valence-electron chi connectivity index (χ3n) is 0.752. The van der Waals surface area contributed by atoms with E-state index in [9.17, 15) is 0 Å². The lowest BCUT2D eigenvalue weighted by molar-refractivity contribution is 0.276. The molecule has 1 heterocycles. The smallest absolute Gasteiger partial charge is 0.125 e. The van der Waals surface area contributed by atoms with Crippen LogP contribution >= 0.6 is 0 Å². The quantitative estimate of drug-likeness (QED) is 0.575. The fourth-order valence-electron chi connectivity index (χ4n) is 0.492. The summed E-state index contributed by atoms with van der Waals surface area (Å²) in [5.41, 5.74) is 0. The van der Waals surface area contributed by atoms with E-state index in [1.165, 1.54) is 0 Å². The molecule has 3 nitrogen and oxygen atoms in total. The molecule has 1 N–H and O–H groups in total. The van der Waals surface area contributed by atoms with Crippen LogP contribution in [0.15, 0.2) is 4.40 Å². The average molecular weight is 147 g/mol. The Kier molecular flexibility index (Phi) is 2.50. The lowest BCUT2D eigenvalue weighted by Gasteiger charge is -1.96. The number of hydrogen-bond acceptors (Lipinski definition) is 3. The SMILES string of the molecule is CC(C)O[S+]1N=CCN1. The predicted molar refractivity (Wildman–Crippen MR) is 40.1 cm³/mol. The van der Waals surface area contributed by atoms with Gasteiger partial charge in [0.2, 0.25) is 0 Å². The van der Waals surface area contributed by atoms with E-state index in [-0.39, 0.29) is 17.7 Å². The lowest BCUT2D eigenvalue weighted by atomic mass is 10.5. The maximum Gasteiger partial charge on any atom is 0.395 e. The fourth-order valence-corrected chi connectivity index (χ4v) is 1.48. The van der Waals surface area contributed by atoms with Gasteiger partial charge in [-0.15, -0.1) is 4.18 Å². The van der Waals surface area contributed by atoms with Crippen LogP contribution < -0.4 is 4.72 Å². The van der Waals surface area contributed by atoms with E-state index < -0.39 is 0 Å². The molecule has 52 valence electrons. The van der Waals surface area contributed by atoms with Crippen molar-refractivity contribution < 1.29 is 4.18 Å². The molecule has 1 unspecified atom stereocenters. The summed E-state index contributed by atoms with van der Waals surface area (Å²) < 4.78 is 12.4. The molecule has 1 aliphatic heterocycles. The van der Waals surface area contributed by atoms with Crippen molar-refractivity contribution in [2.24, 2.45) is 4.40 Å². The molecule has 1 atom stereocenters. The van der Waals surface area contributed by atoms with E-state index in [0.717, 1.165) is 6.54 Å². The molecule has 0 aliphatic carbocycles. The van der Waals surface area contributed by atoms with Gasteiger partial charge >= 0.3 is 11.5 Å². The van der Waals surface area contributed by atoms with Crippen LogP contribution in [0.25, 0.3) is 0 Å². The van der Waals surface area contributed by atoms with Gasteiger partial charge in [0.25, 0.3) is 0 Å². The minimum Gasteiger partial charge on any atom is -0.125 e. The monoisotopic (exact) mass is 147 g/mol. The summed E-state index contributed by atoms with van der Waals surface area (Å²) in [5, 5.41) is 0. The molecule has 0 saturated heterocycles. The van der Waals surface area contributed by atoms with Crippen LogP contribution in [0.5, 0.6) is 0 Å². The summed E-state index contributed by atoms with van der Waals surface area (Å²) in [7, 11) is 0. The number of nitrogens with one attached hydrogen (secondary N) is 1. The standard InChI is InChI=1S/C5H10N2OS/c1-5(2)8-9-6-3-4-7-9/h3,5H,4H2,1-2H3/p+1. The Morgan fingerprint density at radius 3 is 3.00 bits per heavy atom. The Morgan fingerprint density at radius 2 is 2.56 bits per heavy atom. The van der Waals surface area contributed by atoms with Crippen LogP contribution in [0.3, 0.4) is 0 Å². The van der Waals surface area contributed by atoms with Gasteiger partial charge in [-0.1, -0.05) is 4.72 Å². The molecule has 0 aromatic carbocycles. The Bertz CT molecular complexity index is 116. The van der Waals surface area contributed by atoms with E-state index in [1.807, 2.05) is 20.1 Å². The first kappa shape index (κ1) is 7.05. The molecule has 0 spiro atoms. The van der Waals surface area contributed by atoms with Gasteiger partial charge in [-0.2, -0.15) is 0 Å². The fraction of sp³-hybridized carbons (Fsp3) is 0.800. The molecule has 0 saturated carbocycles. The minimum atomic E-state index is -0.338. The summed E-state index contributed by atoms with van der Waals surface area (Å²) in [6.45, 7) is 4.85. The van der Waals surface area contributed by atoms with Crippen LogP contribution in [-0.2, 0) is 15.7 Å². The van der Waals surface area contributed by atoms with Gasteiger partial charge in [0.05, 0.1) is 12.8 Å². The largest absolute Gasteiger partial charge is 0.395 e. The topological polar surface area (TPSA) is 33.6 Å². The van der Waals surface area contributed by atoms with Crippen molar-refractivity contribution in [1.29, 1.82) is 0 Å². The van der Waals surface area contributed by atoms with Crippen LogP contribution in [0.4, 0.5) is 0 Å². The molecular formula is C5H11N2OS+. The zero-order chi connectivity index (χ0) is 6.69. The number of nitrogens with zero attached hydrogens (tertiary/aromatic N) is 1. The Morgan fingerprint density at radius 1 is 1.78 bits per heavy atom. The average Bonchev–Trinajstić information content (AvgIpc) is 2.15. The van der Waals surface area contributed by atoms with Crippen LogP contribution in [0, 0.1) is 0 Å². The first-order valence-corrected chi connectivity index (χ1v) is 4.07. The van der Waals surface area contributed by atoms with Gasteiger partial charge in [0.15, 0.2) is 0 Å². The summed E-state index contributed by atoms with van der Waals surface area (Å²) in [6, 6.07) is 0. The lowest BCUT2D eigenvalue weighted by Crippen LogP contribution is -2.22. The van der Waals surface area contributed by atoms with Crippen molar-refractivity contribution in [2.75, 3.05) is 6.54 Å². The van der Waals surface area contributed by atoms with E-state index in [0.29, 0.717) is 0 Å². The number of rotatable bonds is 2. The van der Waals surface area contributed by atoms with Gasteiger partial charge in [0.1, 0.15) is 6.10 Å². The molecule has 0 fully saturated rings. The summed E-state index contributed by atoms with van der Waals surface area (Å²) in [6.07, 6.45) is 2.10. The third kappa shape index (κ3) is 2.34. The molecule has 1 rings (SSSR count). The third-order valence-corrected chi connectivity index (χ3v) is 2.07. The number of hydrogen-bond donors (Lipinski definition) is 1. The summed E-state index contributed by atoms with van der Waals surface area (Å²) >= 11 is -0.338. The summed E-state index contributed by atoms with van der Waals surface area (Å²) in [4.78, 5) is 0. The first-order valence-electron chi connectivity index (χ1n) is 2.96. The highest BCUT2D eigenvalue weighted by molar-refractivity contribution is 7.89. The maximum atomic E-state index is 5.33. The second-order valence-electron chi connectivity index (χ2n) is 2.03. The second kappa shape index (κ2) is 3.20. The van der Waals surface area contributed by atoms with Crippen LogP contribution in [0.2, 0.25) is 0 Å². The Balaban J connectivity index is 2.20. The molecular weight excluding hydrogens is 136 g/mol. The molecule has 9 heavy (non-hydrogen) atoms. The van der Waals surface area contributed by atoms with Gasteiger partial charge in [-0.05, 0) is 18.2 Å².